The first-order valence-electron chi connectivity index (χ1n) is 12.0. The average molecular weight is 536 g/mol. The summed E-state index contributed by atoms with van der Waals surface area (Å²) >= 11 is 0. The maximum Gasteiger partial charge on any atom is 0.573 e. The Morgan fingerprint density at radius 2 is 1.89 bits per heavy atom. The van der Waals surface area contributed by atoms with Crippen LogP contribution in [-0.2, 0) is 16.0 Å². The number of amides is 1. The minimum absolute atomic E-state index is 0.105. The summed E-state index contributed by atoms with van der Waals surface area (Å²) in [4.78, 5) is 25.5. The normalized spacial score (nSPS) is 16.2. The molecule has 0 spiro atoms. The van der Waals surface area contributed by atoms with Gasteiger partial charge in [0.25, 0.3) is 5.91 Å². The van der Waals surface area contributed by atoms with Gasteiger partial charge in [0.2, 0.25) is 0 Å². The van der Waals surface area contributed by atoms with Crippen molar-refractivity contribution in [3.05, 3.63) is 53.9 Å². The maximum absolute atomic E-state index is 12.8. The highest BCUT2D eigenvalue weighted by Gasteiger charge is 2.33. The first-order valence-corrected chi connectivity index (χ1v) is 12.0. The second kappa shape index (κ2) is 10.9. The fourth-order valence-electron chi connectivity index (χ4n) is 3.94. The molecule has 1 unspecified atom stereocenters. The Hall–Kier alpha value is -3.87. The van der Waals surface area contributed by atoms with Crippen LogP contribution in [0.3, 0.4) is 0 Å². The third-order valence-corrected chi connectivity index (χ3v) is 5.47. The molecule has 0 aliphatic carbocycles. The van der Waals surface area contributed by atoms with E-state index < -0.39 is 35.9 Å². The molecule has 38 heavy (non-hydrogen) atoms. The molecule has 13 heteroatoms. The number of carbonyl (C=O) groups is 2. The molecule has 4 rings (SSSR count). The third kappa shape index (κ3) is 6.71. The van der Waals surface area contributed by atoms with Crippen LogP contribution >= 0.6 is 0 Å². The summed E-state index contributed by atoms with van der Waals surface area (Å²) in [6.45, 7) is 5.66. The van der Waals surface area contributed by atoms with E-state index in [1.54, 1.807) is 37.6 Å². The van der Waals surface area contributed by atoms with Crippen LogP contribution in [0, 0.1) is 0 Å². The van der Waals surface area contributed by atoms with Gasteiger partial charge < -0.3 is 19.5 Å². The summed E-state index contributed by atoms with van der Waals surface area (Å²) in [6, 6.07) is 8.36. The zero-order valence-electron chi connectivity index (χ0n) is 21.1. The lowest BCUT2D eigenvalue weighted by atomic mass is 10.2. The van der Waals surface area contributed by atoms with Gasteiger partial charge in [0.1, 0.15) is 11.4 Å². The van der Waals surface area contributed by atoms with E-state index in [1.807, 2.05) is 0 Å². The van der Waals surface area contributed by atoms with E-state index in [2.05, 4.69) is 20.3 Å². The lowest BCUT2D eigenvalue weighted by Gasteiger charge is -2.25. The third-order valence-electron chi connectivity index (χ3n) is 5.47. The predicted molar refractivity (Wildman–Crippen MR) is 128 cm³/mol. The molecule has 1 fully saturated rings. The monoisotopic (exact) mass is 535 g/mol. The van der Waals surface area contributed by atoms with E-state index in [4.69, 9.17) is 9.47 Å². The summed E-state index contributed by atoms with van der Waals surface area (Å²) < 4.78 is 56.3. The quantitative estimate of drug-likeness (QED) is 0.470. The lowest BCUT2D eigenvalue weighted by Crippen LogP contribution is -2.28. The Balaban J connectivity index is 1.60. The van der Waals surface area contributed by atoms with E-state index in [0.717, 1.165) is 23.6 Å². The lowest BCUT2D eigenvalue weighted by molar-refractivity contribution is -0.274. The number of nitrogens with one attached hydrogen (secondary N) is 1. The number of ether oxygens (including phenoxy) is 3. The van der Waals surface area contributed by atoms with Gasteiger partial charge in [0, 0.05) is 6.61 Å². The maximum atomic E-state index is 12.8. The first-order chi connectivity index (χ1) is 17.9. The number of benzene rings is 1. The van der Waals surface area contributed by atoms with Crippen molar-refractivity contribution in [2.24, 2.45) is 0 Å². The number of hydrogen-bond donors (Lipinski definition) is 1. The highest BCUT2D eigenvalue weighted by atomic mass is 19.4. The fraction of sp³-hybridized carbons (Fsp3) is 0.440. The summed E-state index contributed by atoms with van der Waals surface area (Å²) in [6.07, 6.45) is -2.07. The Morgan fingerprint density at radius 3 is 2.58 bits per heavy atom. The van der Waals surface area contributed by atoms with Crippen molar-refractivity contribution in [2.45, 2.75) is 64.8 Å². The summed E-state index contributed by atoms with van der Waals surface area (Å²) in [5.41, 5.74) is 0.290. The van der Waals surface area contributed by atoms with Crippen LogP contribution in [0.15, 0.2) is 42.6 Å². The standard InChI is InChI=1S/C25H28F3N5O5/c1-24(2,3)38-23(35)33-18(11-12-30-33)19-14-16(31-32(19)21-10-6-7-13-36-21)15-29-22(34)17-8-4-5-9-20(17)37-25(26,27)28/h4-5,8-9,11-12,14,21H,6-7,10,13,15H2,1-3H3,(H,29,34). The van der Waals surface area contributed by atoms with E-state index in [1.165, 1.54) is 24.4 Å². The molecule has 0 saturated carbocycles. The van der Waals surface area contributed by atoms with Gasteiger partial charge in [-0.05, 0) is 64.3 Å². The predicted octanol–water partition coefficient (Wildman–Crippen LogP) is 5.06. The van der Waals surface area contributed by atoms with Gasteiger partial charge in [0.15, 0.2) is 6.23 Å². The van der Waals surface area contributed by atoms with Gasteiger partial charge in [-0.15, -0.1) is 13.2 Å². The summed E-state index contributed by atoms with van der Waals surface area (Å²) in [5.74, 6) is -1.38. The molecule has 2 aromatic heterocycles. The van der Waals surface area contributed by atoms with Crippen molar-refractivity contribution < 1.29 is 37.0 Å². The molecule has 1 aromatic carbocycles. The van der Waals surface area contributed by atoms with Gasteiger partial charge in [0.05, 0.1) is 35.4 Å². The van der Waals surface area contributed by atoms with Crippen LogP contribution in [-0.4, -0.2) is 50.1 Å². The number of aromatic nitrogens is 4. The highest BCUT2D eigenvalue weighted by molar-refractivity contribution is 5.96. The molecule has 3 aromatic rings. The number of carbonyl (C=O) groups excluding carboxylic acids is 2. The summed E-state index contributed by atoms with van der Waals surface area (Å²) in [5, 5.41) is 11.3. The van der Waals surface area contributed by atoms with Gasteiger partial charge in [-0.1, -0.05) is 12.1 Å². The molecule has 204 valence electrons. The number of hydrogen-bond acceptors (Lipinski definition) is 7. The molecular formula is C25H28F3N5O5. The minimum atomic E-state index is -4.94. The Labute approximate surface area is 216 Å². The first kappa shape index (κ1) is 27.2. The van der Waals surface area contributed by atoms with Crippen molar-refractivity contribution in [1.82, 2.24) is 24.9 Å². The molecule has 1 aliphatic heterocycles. The zero-order chi connectivity index (χ0) is 27.5. The Kier molecular flexibility index (Phi) is 7.76. The van der Waals surface area contributed by atoms with Crippen LogP contribution in [0.4, 0.5) is 18.0 Å². The molecule has 0 bridgehead atoms. The second-order valence-electron chi connectivity index (χ2n) is 9.62. The van der Waals surface area contributed by atoms with E-state index in [0.29, 0.717) is 30.1 Å². The van der Waals surface area contributed by atoms with Crippen LogP contribution < -0.4 is 10.1 Å². The number of para-hydroxylation sites is 1. The van der Waals surface area contributed by atoms with Crippen LogP contribution in [0.1, 0.15) is 62.3 Å². The van der Waals surface area contributed by atoms with Gasteiger partial charge >= 0.3 is 12.5 Å². The van der Waals surface area contributed by atoms with Crippen molar-refractivity contribution >= 4 is 12.0 Å². The molecule has 1 saturated heterocycles. The average Bonchev–Trinajstić information content (AvgIpc) is 3.49. The largest absolute Gasteiger partial charge is 0.573 e. The van der Waals surface area contributed by atoms with Crippen LogP contribution in [0.2, 0.25) is 0 Å². The molecule has 0 radical (unpaired) electrons. The molecule has 1 aliphatic rings. The highest BCUT2D eigenvalue weighted by Crippen LogP contribution is 2.30. The van der Waals surface area contributed by atoms with Crippen molar-refractivity contribution in [2.75, 3.05) is 6.61 Å². The molecule has 1 N–H and O–H groups in total. The minimum Gasteiger partial charge on any atom is -0.442 e. The fourth-order valence-corrected chi connectivity index (χ4v) is 3.94. The number of halogens is 3. The van der Waals surface area contributed by atoms with E-state index >= 15 is 0 Å². The second-order valence-corrected chi connectivity index (χ2v) is 9.62. The molecule has 10 nitrogen and oxygen atoms in total. The van der Waals surface area contributed by atoms with E-state index in [-0.39, 0.29) is 12.1 Å². The Morgan fingerprint density at radius 1 is 1.13 bits per heavy atom. The molecule has 1 atom stereocenters. The van der Waals surface area contributed by atoms with E-state index in [9.17, 15) is 22.8 Å². The van der Waals surface area contributed by atoms with Gasteiger partial charge in [-0.25, -0.2) is 9.48 Å². The van der Waals surface area contributed by atoms with Crippen LogP contribution in [0.5, 0.6) is 5.75 Å². The summed E-state index contributed by atoms with van der Waals surface area (Å²) in [7, 11) is 0. The topological polar surface area (TPSA) is 110 Å². The molecule has 3 heterocycles. The van der Waals surface area contributed by atoms with Gasteiger partial charge in [-0.3, -0.25) is 4.79 Å². The van der Waals surface area contributed by atoms with Crippen molar-refractivity contribution in [3.63, 3.8) is 0 Å². The zero-order valence-corrected chi connectivity index (χ0v) is 21.1. The van der Waals surface area contributed by atoms with Crippen LogP contribution in [0.25, 0.3) is 11.4 Å². The van der Waals surface area contributed by atoms with Crippen molar-refractivity contribution in [3.8, 4) is 17.1 Å². The number of nitrogens with zero attached hydrogens (tertiary/aromatic N) is 4. The number of alkyl halides is 3. The smallest absolute Gasteiger partial charge is 0.442 e. The molecule has 1 amide bonds. The Bertz CT molecular complexity index is 1290. The molecular weight excluding hydrogens is 507 g/mol. The van der Waals surface area contributed by atoms with Gasteiger partial charge in [-0.2, -0.15) is 14.9 Å². The van der Waals surface area contributed by atoms with Crippen molar-refractivity contribution in [1.29, 1.82) is 0 Å². The SMILES string of the molecule is CC(C)(C)OC(=O)n1nccc1-c1cc(CNC(=O)c2ccccc2OC(F)(F)F)nn1C1CCCCO1. The number of rotatable bonds is 6.